The molecule has 6 nitrogen and oxygen atoms in total. The number of amidine groups is 1. The molecule has 1 fully saturated rings. The Kier molecular flexibility index (Phi) is 7.37. The van der Waals surface area contributed by atoms with Gasteiger partial charge in [-0.2, -0.15) is 4.99 Å². The summed E-state index contributed by atoms with van der Waals surface area (Å²) in [5, 5.41) is 3.82. The molecule has 1 aliphatic rings. The second kappa shape index (κ2) is 10.4. The number of rotatable bonds is 7. The van der Waals surface area contributed by atoms with Crippen LogP contribution in [0.5, 0.6) is 11.5 Å². The number of halogens is 1. The summed E-state index contributed by atoms with van der Waals surface area (Å²) in [4.78, 5) is 23.7. The Balaban J connectivity index is 1.55. The van der Waals surface area contributed by atoms with Crippen molar-refractivity contribution >= 4 is 57.0 Å². The van der Waals surface area contributed by atoms with Crippen molar-refractivity contribution in [1.82, 2.24) is 9.88 Å². The Morgan fingerprint density at radius 2 is 2.00 bits per heavy atom. The van der Waals surface area contributed by atoms with Gasteiger partial charge < -0.3 is 9.47 Å². The van der Waals surface area contributed by atoms with E-state index in [9.17, 15) is 4.79 Å². The standard InChI is InChI=1S/C24H22ClN3O3S2/c1-4-30-20-11-16(9-10-19(20)31-13-17-7-5-6-8-18(17)25)12-21-22(29)28(3)24(33-21)27-23-26-15(2)14-32-23/h5-12,14H,4,13H2,1-3H3/b21-12-,27-24+. The van der Waals surface area contributed by atoms with Crippen LogP contribution in [-0.2, 0) is 11.4 Å². The van der Waals surface area contributed by atoms with Crippen molar-refractivity contribution in [3.8, 4) is 11.5 Å². The van der Waals surface area contributed by atoms with Crippen LogP contribution in [0.4, 0.5) is 5.13 Å². The van der Waals surface area contributed by atoms with Gasteiger partial charge in [-0.1, -0.05) is 35.9 Å². The quantitative estimate of drug-likeness (QED) is 0.356. The highest BCUT2D eigenvalue weighted by atomic mass is 35.5. The fourth-order valence-corrected chi connectivity index (χ4v) is 4.93. The molecule has 0 spiro atoms. The molecule has 1 aliphatic heterocycles. The lowest BCUT2D eigenvalue weighted by atomic mass is 10.1. The number of hydrogen-bond acceptors (Lipinski definition) is 7. The second-order valence-electron chi connectivity index (χ2n) is 7.16. The summed E-state index contributed by atoms with van der Waals surface area (Å²) in [6.07, 6.45) is 1.83. The number of thioether (sulfide) groups is 1. The lowest BCUT2D eigenvalue weighted by Crippen LogP contribution is -2.23. The zero-order chi connectivity index (χ0) is 23.4. The van der Waals surface area contributed by atoms with Gasteiger partial charge in [0.2, 0.25) is 5.13 Å². The number of thiazole rings is 1. The first kappa shape index (κ1) is 23.4. The van der Waals surface area contributed by atoms with E-state index in [4.69, 9.17) is 21.1 Å². The van der Waals surface area contributed by atoms with Crippen molar-refractivity contribution in [2.45, 2.75) is 20.5 Å². The molecule has 0 unspecified atom stereocenters. The first-order valence-corrected chi connectivity index (χ1v) is 12.3. The van der Waals surface area contributed by atoms with E-state index in [1.165, 1.54) is 28.0 Å². The Hall–Kier alpha value is -2.81. The number of aromatic nitrogens is 1. The average Bonchev–Trinajstić information content (AvgIpc) is 3.32. The van der Waals surface area contributed by atoms with E-state index < -0.39 is 0 Å². The minimum Gasteiger partial charge on any atom is -0.490 e. The molecule has 9 heteroatoms. The fourth-order valence-electron chi connectivity index (χ4n) is 3.05. The number of benzene rings is 2. The van der Waals surface area contributed by atoms with E-state index in [1.807, 2.05) is 67.8 Å². The topological polar surface area (TPSA) is 64.0 Å². The predicted octanol–water partition coefficient (Wildman–Crippen LogP) is 6.32. The maximum Gasteiger partial charge on any atom is 0.266 e. The smallest absolute Gasteiger partial charge is 0.266 e. The summed E-state index contributed by atoms with van der Waals surface area (Å²) in [5.41, 5.74) is 2.64. The number of nitrogens with zero attached hydrogens (tertiary/aromatic N) is 3. The number of likely N-dealkylation sites (N-methyl/N-ethyl adjacent to an activating group) is 1. The van der Waals surface area contributed by atoms with E-state index in [2.05, 4.69) is 9.98 Å². The number of amides is 1. The van der Waals surface area contributed by atoms with Gasteiger partial charge in [-0.15, -0.1) is 11.3 Å². The summed E-state index contributed by atoms with van der Waals surface area (Å²) in [6.45, 7) is 4.65. The van der Waals surface area contributed by atoms with Gasteiger partial charge in [0.05, 0.1) is 17.2 Å². The Morgan fingerprint density at radius 3 is 2.73 bits per heavy atom. The lowest BCUT2D eigenvalue weighted by Gasteiger charge is -2.13. The van der Waals surface area contributed by atoms with Crippen molar-refractivity contribution in [3.05, 3.63) is 74.6 Å². The van der Waals surface area contributed by atoms with Crippen molar-refractivity contribution in [1.29, 1.82) is 0 Å². The summed E-state index contributed by atoms with van der Waals surface area (Å²) < 4.78 is 11.8. The second-order valence-corrected chi connectivity index (χ2v) is 9.41. The molecule has 3 aromatic rings. The third-order valence-corrected chi connectivity index (χ3v) is 6.99. The van der Waals surface area contributed by atoms with Crippen LogP contribution in [0.25, 0.3) is 6.08 Å². The van der Waals surface area contributed by atoms with E-state index in [-0.39, 0.29) is 5.91 Å². The first-order chi connectivity index (χ1) is 15.9. The van der Waals surface area contributed by atoms with Gasteiger partial charge in [0.1, 0.15) is 6.61 Å². The monoisotopic (exact) mass is 499 g/mol. The van der Waals surface area contributed by atoms with Gasteiger partial charge in [0.15, 0.2) is 16.7 Å². The van der Waals surface area contributed by atoms with Gasteiger partial charge in [0.25, 0.3) is 5.91 Å². The van der Waals surface area contributed by atoms with Crippen LogP contribution in [0.2, 0.25) is 5.02 Å². The molecule has 2 heterocycles. The number of hydrogen-bond donors (Lipinski definition) is 0. The van der Waals surface area contributed by atoms with Gasteiger partial charge in [-0.05, 0) is 55.4 Å². The van der Waals surface area contributed by atoms with Crippen molar-refractivity contribution in [2.24, 2.45) is 4.99 Å². The molecule has 33 heavy (non-hydrogen) atoms. The maximum atomic E-state index is 12.8. The molecule has 0 aliphatic carbocycles. The van der Waals surface area contributed by atoms with Crippen LogP contribution in [-0.4, -0.2) is 34.6 Å². The van der Waals surface area contributed by atoms with E-state index in [0.29, 0.717) is 44.9 Å². The predicted molar refractivity (Wildman–Crippen MR) is 136 cm³/mol. The largest absolute Gasteiger partial charge is 0.490 e. The minimum absolute atomic E-state index is 0.107. The first-order valence-electron chi connectivity index (χ1n) is 10.3. The molecule has 1 saturated heterocycles. The van der Waals surface area contributed by atoms with Crippen LogP contribution in [0.3, 0.4) is 0 Å². The van der Waals surface area contributed by atoms with Gasteiger partial charge >= 0.3 is 0 Å². The third kappa shape index (κ3) is 5.58. The van der Waals surface area contributed by atoms with E-state index in [0.717, 1.165) is 16.8 Å². The van der Waals surface area contributed by atoms with Crippen molar-refractivity contribution < 1.29 is 14.3 Å². The molecule has 1 aromatic heterocycles. The summed E-state index contributed by atoms with van der Waals surface area (Å²) in [6, 6.07) is 13.2. The highest BCUT2D eigenvalue weighted by Gasteiger charge is 2.30. The Bertz CT molecular complexity index is 1240. The third-order valence-electron chi connectivity index (χ3n) is 4.71. The number of ether oxygens (including phenoxy) is 2. The zero-order valence-corrected chi connectivity index (χ0v) is 20.8. The highest BCUT2D eigenvalue weighted by molar-refractivity contribution is 8.18. The van der Waals surface area contributed by atoms with Gasteiger partial charge in [-0.25, -0.2) is 4.98 Å². The number of carbonyl (C=O) groups excluding carboxylic acids is 1. The Labute approximate surface area is 205 Å². The lowest BCUT2D eigenvalue weighted by molar-refractivity contribution is -0.121. The molecule has 1 amide bonds. The average molecular weight is 500 g/mol. The molecule has 170 valence electrons. The molecule has 2 aromatic carbocycles. The summed E-state index contributed by atoms with van der Waals surface area (Å²) in [5.74, 6) is 1.11. The number of aliphatic imine (C=N–C) groups is 1. The molecular weight excluding hydrogens is 478 g/mol. The van der Waals surface area contributed by atoms with Gasteiger partial charge in [0, 0.05) is 23.0 Å². The zero-order valence-electron chi connectivity index (χ0n) is 18.4. The SMILES string of the molecule is CCOc1cc(/C=C2\S/C(=N/c3nc(C)cs3)N(C)C2=O)ccc1OCc1ccccc1Cl. The highest BCUT2D eigenvalue weighted by Crippen LogP contribution is 2.36. The van der Waals surface area contributed by atoms with Gasteiger partial charge in [-0.3, -0.25) is 9.69 Å². The van der Waals surface area contributed by atoms with Crippen LogP contribution >= 0.6 is 34.7 Å². The molecule has 0 radical (unpaired) electrons. The fraction of sp³-hybridized carbons (Fsp3) is 0.208. The number of aryl methyl sites for hydroxylation is 1. The van der Waals surface area contributed by atoms with Crippen LogP contribution < -0.4 is 9.47 Å². The normalized spacial score (nSPS) is 16.1. The van der Waals surface area contributed by atoms with E-state index in [1.54, 1.807) is 7.05 Å². The molecule has 4 rings (SSSR count). The van der Waals surface area contributed by atoms with E-state index >= 15 is 0 Å². The molecule has 0 bridgehead atoms. The van der Waals surface area contributed by atoms with Crippen LogP contribution in [0, 0.1) is 6.92 Å². The molecule has 0 saturated carbocycles. The maximum absolute atomic E-state index is 12.8. The minimum atomic E-state index is -0.107. The van der Waals surface area contributed by atoms with Crippen LogP contribution in [0.1, 0.15) is 23.7 Å². The number of carbonyl (C=O) groups is 1. The Morgan fingerprint density at radius 1 is 1.18 bits per heavy atom. The molecule has 0 atom stereocenters. The van der Waals surface area contributed by atoms with Crippen molar-refractivity contribution in [2.75, 3.05) is 13.7 Å². The van der Waals surface area contributed by atoms with Crippen molar-refractivity contribution in [3.63, 3.8) is 0 Å². The summed E-state index contributed by atoms with van der Waals surface area (Å²) in [7, 11) is 1.72. The summed E-state index contributed by atoms with van der Waals surface area (Å²) >= 11 is 9.01. The molecular formula is C24H22ClN3O3S2. The molecule has 0 N–H and O–H groups in total. The van der Waals surface area contributed by atoms with Crippen LogP contribution in [0.15, 0.2) is 57.7 Å².